The van der Waals surface area contributed by atoms with Gasteiger partial charge in [0.25, 0.3) is 0 Å². The molecule has 0 bridgehead atoms. The minimum Gasteiger partial charge on any atom is -0.497 e. The Balaban J connectivity index is 1.74. The first-order valence-corrected chi connectivity index (χ1v) is 9.09. The molecule has 134 valence electrons. The second kappa shape index (κ2) is 8.93. The lowest BCUT2D eigenvalue weighted by atomic mass is 10.2. The number of rotatable bonds is 6. The largest absolute Gasteiger partial charge is 0.497 e. The van der Waals surface area contributed by atoms with Gasteiger partial charge in [0.15, 0.2) is 0 Å². The van der Waals surface area contributed by atoms with Crippen molar-refractivity contribution >= 4 is 17.7 Å². The second-order valence-corrected chi connectivity index (χ2v) is 6.71. The molecule has 3 rings (SSSR count). The molecule has 0 amide bonds. The van der Waals surface area contributed by atoms with E-state index in [0.717, 1.165) is 21.1 Å². The predicted octanol–water partition coefficient (Wildman–Crippen LogP) is 5.08. The molecule has 0 aliphatic rings. The molecule has 0 saturated carbocycles. The van der Waals surface area contributed by atoms with E-state index in [1.54, 1.807) is 25.3 Å². The number of nitrogens with zero attached hydrogens (tertiary/aromatic N) is 1. The maximum absolute atomic E-state index is 12.6. The van der Waals surface area contributed by atoms with E-state index < -0.39 is 5.97 Å². The Hall–Kier alpha value is -3.23. The molecule has 3 aromatic carbocycles. The van der Waals surface area contributed by atoms with Gasteiger partial charge in [-0.1, -0.05) is 48.2 Å². The van der Waals surface area contributed by atoms with Gasteiger partial charge in [-0.15, -0.1) is 0 Å². The van der Waals surface area contributed by atoms with Crippen molar-refractivity contribution in [1.29, 1.82) is 5.26 Å². The number of hydrogen-bond donors (Lipinski definition) is 0. The molecule has 3 aromatic rings. The maximum atomic E-state index is 12.6. The highest BCUT2D eigenvalue weighted by Gasteiger charge is 2.15. The third-order valence-corrected chi connectivity index (χ3v) is 5.02. The lowest BCUT2D eigenvalue weighted by Gasteiger charge is -2.10. The molecule has 0 radical (unpaired) electrons. The monoisotopic (exact) mass is 375 g/mol. The van der Waals surface area contributed by atoms with Crippen molar-refractivity contribution in [3.05, 3.63) is 89.5 Å². The molecule has 0 aromatic heterocycles. The lowest BCUT2D eigenvalue weighted by Crippen LogP contribution is -2.06. The summed E-state index contributed by atoms with van der Waals surface area (Å²) in [6.45, 7) is 0.177. The standard InChI is InChI=1S/C22H17NO3S/c1-25-18-12-10-16(11-13-18)15-26-22(24)19-7-3-5-9-21(19)27-20-8-4-2-6-17(20)14-23/h2-13H,15H2,1H3. The summed E-state index contributed by atoms with van der Waals surface area (Å²) in [6, 6.07) is 24.1. The van der Waals surface area contributed by atoms with Crippen LogP contribution in [0.15, 0.2) is 82.6 Å². The van der Waals surface area contributed by atoms with E-state index in [2.05, 4.69) is 6.07 Å². The summed E-state index contributed by atoms with van der Waals surface area (Å²) in [5.74, 6) is 0.353. The van der Waals surface area contributed by atoms with Crippen LogP contribution < -0.4 is 4.74 Å². The highest BCUT2D eigenvalue weighted by molar-refractivity contribution is 7.99. The van der Waals surface area contributed by atoms with E-state index >= 15 is 0 Å². The zero-order valence-electron chi connectivity index (χ0n) is 14.7. The van der Waals surface area contributed by atoms with Crippen LogP contribution in [0.25, 0.3) is 0 Å². The Morgan fingerprint density at radius 3 is 2.33 bits per heavy atom. The molecule has 5 heteroatoms. The minimum absolute atomic E-state index is 0.177. The zero-order chi connectivity index (χ0) is 19.1. The summed E-state index contributed by atoms with van der Waals surface area (Å²) in [4.78, 5) is 14.1. The first-order chi connectivity index (χ1) is 13.2. The Labute approximate surface area is 162 Å². The smallest absolute Gasteiger partial charge is 0.339 e. The van der Waals surface area contributed by atoms with E-state index in [1.807, 2.05) is 54.6 Å². The van der Waals surface area contributed by atoms with Crippen molar-refractivity contribution in [2.24, 2.45) is 0 Å². The van der Waals surface area contributed by atoms with Crippen LogP contribution in [0, 0.1) is 11.3 Å². The van der Waals surface area contributed by atoms with Gasteiger partial charge < -0.3 is 9.47 Å². The van der Waals surface area contributed by atoms with Gasteiger partial charge in [-0.25, -0.2) is 4.79 Å². The number of esters is 1. The van der Waals surface area contributed by atoms with Gasteiger partial charge in [-0.2, -0.15) is 5.26 Å². The molecular weight excluding hydrogens is 358 g/mol. The number of hydrogen-bond acceptors (Lipinski definition) is 5. The van der Waals surface area contributed by atoms with Crippen LogP contribution >= 0.6 is 11.8 Å². The minimum atomic E-state index is -0.400. The van der Waals surface area contributed by atoms with Gasteiger partial charge in [0.05, 0.1) is 18.2 Å². The predicted molar refractivity (Wildman–Crippen MR) is 104 cm³/mol. The fourth-order valence-electron chi connectivity index (χ4n) is 2.44. The third-order valence-electron chi connectivity index (χ3n) is 3.86. The van der Waals surface area contributed by atoms with Gasteiger partial charge in [0, 0.05) is 9.79 Å². The highest BCUT2D eigenvalue weighted by atomic mass is 32.2. The summed E-state index contributed by atoms with van der Waals surface area (Å²) >= 11 is 1.38. The molecule has 0 atom stereocenters. The molecule has 0 unspecified atom stereocenters. The van der Waals surface area contributed by atoms with Crippen LogP contribution in [0.1, 0.15) is 21.5 Å². The Morgan fingerprint density at radius 1 is 0.963 bits per heavy atom. The van der Waals surface area contributed by atoms with Crippen molar-refractivity contribution < 1.29 is 14.3 Å². The number of methoxy groups -OCH3 is 1. The van der Waals surface area contributed by atoms with Crippen LogP contribution in [-0.2, 0) is 11.3 Å². The van der Waals surface area contributed by atoms with Gasteiger partial charge in [0.2, 0.25) is 0 Å². The third kappa shape index (κ3) is 4.69. The number of nitriles is 1. The van der Waals surface area contributed by atoms with Crippen LogP contribution in [0.5, 0.6) is 5.75 Å². The van der Waals surface area contributed by atoms with Gasteiger partial charge in [-0.3, -0.25) is 0 Å². The van der Waals surface area contributed by atoms with E-state index in [-0.39, 0.29) is 6.61 Å². The summed E-state index contributed by atoms with van der Waals surface area (Å²) in [6.07, 6.45) is 0. The van der Waals surface area contributed by atoms with E-state index in [4.69, 9.17) is 9.47 Å². The summed E-state index contributed by atoms with van der Waals surface area (Å²) in [5, 5.41) is 9.26. The van der Waals surface area contributed by atoms with Crippen molar-refractivity contribution in [2.75, 3.05) is 7.11 Å². The second-order valence-electron chi connectivity index (χ2n) is 5.63. The van der Waals surface area contributed by atoms with Crippen molar-refractivity contribution in [3.8, 4) is 11.8 Å². The Morgan fingerprint density at radius 2 is 1.63 bits per heavy atom. The Kier molecular flexibility index (Phi) is 6.14. The van der Waals surface area contributed by atoms with Gasteiger partial charge in [-0.05, 0) is 42.0 Å². The number of ether oxygens (including phenoxy) is 2. The lowest BCUT2D eigenvalue weighted by molar-refractivity contribution is 0.0468. The molecule has 4 nitrogen and oxygen atoms in total. The van der Waals surface area contributed by atoms with E-state index in [9.17, 15) is 10.1 Å². The zero-order valence-corrected chi connectivity index (χ0v) is 15.5. The highest BCUT2D eigenvalue weighted by Crippen LogP contribution is 2.33. The van der Waals surface area contributed by atoms with Gasteiger partial charge >= 0.3 is 5.97 Å². The molecular formula is C22H17NO3S. The Bertz CT molecular complexity index is 977. The first-order valence-electron chi connectivity index (χ1n) is 8.27. The molecule has 0 aliphatic carbocycles. The molecule has 27 heavy (non-hydrogen) atoms. The number of carbonyl (C=O) groups excluding carboxylic acids is 1. The molecule has 0 fully saturated rings. The molecule has 0 spiro atoms. The normalized spacial score (nSPS) is 10.1. The maximum Gasteiger partial charge on any atom is 0.339 e. The topological polar surface area (TPSA) is 59.3 Å². The fourth-order valence-corrected chi connectivity index (χ4v) is 3.45. The van der Waals surface area contributed by atoms with Crippen molar-refractivity contribution in [3.63, 3.8) is 0 Å². The van der Waals surface area contributed by atoms with Crippen molar-refractivity contribution in [2.45, 2.75) is 16.4 Å². The van der Waals surface area contributed by atoms with E-state index in [0.29, 0.717) is 11.1 Å². The van der Waals surface area contributed by atoms with Crippen LogP contribution in [0.3, 0.4) is 0 Å². The molecule has 0 saturated heterocycles. The summed E-state index contributed by atoms with van der Waals surface area (Å²) in [7, 11) is 1.61. The van der Waals surface area contributed by atoms with Crippen LogP contribution in [-0.4, -0.2) is 13.1 Å². The first kappa shape index (κ1) is 18.6. The quantitative estimate of drug-likeness (QED) is 0.563. The average Bonchev–Trinajstić information content (AvgIpc) is 2.73. The SMILES string of the molecule is COc1ccc(COC(=O)c2ccccc2Sc2ccccc2C#N)cc1. The molecule has 0 aliphatic heterocycles. The average molecular weight is 375 g/mol. The van der Waals surface area contributed by atoms with Crippen LogP contribution in [0.2, 0.25) is 0 Å². The summed E-state index contributed by atoms with van der Waals surface area (Å²) < 4.78 is 10.6. The van der Waals surface area contributed by atoms with Gasteiger partial charge in [0.1, 0.15) is 18.4 Å². The molecule has 0 heterocycles. The summed E-state index contributed by atoms with van der Waals surface area (Å²) in [5.41, 5.74) is 1.93. The number of carbonyl (C=O) groups is 1. The number of benzene rings is 3. The van der Waals surface area contributed by atoms with Crippen molar-refractivity contribution in [1.82, 2.24) is 0 Å². The fraction of sp³-hybridized carbons (Fsp3) is 0.0909. The van der Waals surface area contributed by atoms with E-state index in [1.165, 1.54) is 11.8 Å². The molecule has 0 N–H and O–H groups in total. The van der Waals surface area contributed by atoms with Crippen LogP contribution in [0.4, 0.5) is 0 Å².